The van der Waals surface area contributed by atoms with Gasteiger partial charge >= 0.3 is 0 Å². The maximum atomic E-state index is 11.9. The molecule has 4 aromatic rings. The number of aromatic amines is 1. The van der Waals surface area contributed by atoms with Gasteiger partial charge in [0, 0.05) is 49.5 Å². The number of anilines is 3. The number of hydrogen-bond acceptors (Lipinski definition) is 7. The minimum Gasteiger partial charge on any atom is -0.369 e. The Morgan fingerprint density at radius 2 is 2.03 bits per heavy atom. The third-order valence-corrected chi connectivity index (χ3v) is 6.32. The van der Waals surface area contributed by atoms with Crippen LogP contribution in [0.2, 0.25) is 0 Å². The molecule has 180 valence electrons. The summed E-state index contributed by atoms with van der Waals surface area (Å²) in [6.45, 7) is 15.2. The SMILES string of the molecule is [C-]#[N+]c1ccc(CC(=O)C=C)cc1-c1nc(Nc2cccc(N3CCN(C)CC3)c2)nc2[nH]ncc12. The Bertz CT molecular complexity index is 1480. The van der Waals surface area contributed by atoms with Gasteiger partial charge in [-0.2, -0.15) is 10.1 Å². The number of allylic oxidation sites excluding steroid dienone is 1. The number of likely N-dealkylation sites (N-methyl/N-ethyl adjacent to an activating group) is 1. The monoisotopic (exact) mass is 478 g/mol. The van der Waals surface area contributed by atoms with E-state index in [1.54, 1.807) is 18.3 Å². The zero-order chi connectivity index (χ0) is 25.1. The van der Waals surface area contributed by atoms with E-state index in [1.807, 2.05) is 18.2 Å². The summed E-state index contributed by atoms with van der Waals surface area (Å²) >= 11 is 0. The van der Waals surface area contributed by atoms with Gasteiger partial charge < -0.3 is 15.1 Å². The average Bonchev–Trinajstić information content (AvgIpc) is 3.37. The fourth-order valence-corrected chi connectivity index (χ4v) is 4.32. The second kappa shape index (κ2) is 9.98. The van der Waals surface area contributed by atoms with Crippen LogP contribution in [-0.2, 0) is 11.2 Å². The van der Waals surface area contributed by atoms with E-state index in [1.165, 1.54) is 6.08 Å². The number of nitrogens with zero attached hydrogens (tertiary/aromatic N) is 6. The largest absolute Gasteiger partial charge is 0.369 e. The molecule has 2 aromatic carbocycles. The first kappa shape index (κ1) is 23.2. The van der Waals surface area contributed by atoms with Crippen LogP contribution >= 0.6 is 0 Å². The lowest BCUT2D eigenvalue weighted by Gasteiger charge is -2.34. The molecule has 0 unspecified atom stereocenters. The Kier molecular flexibility index (Phi) is 6.43. The molecular formula is C27H26N8O. The maximum absolute atomic E-state index is 11.9. The zero-order valence-corrected chi connectivity index (χ0v) is 20.0. The molecule has 0 bridgehead atoms. The highest BCUT2D eigenvalue weighted by Crippen LogP contribution is 2.35. The fourth-order valence-electron chi connectivity index (χ4n) is 4.32. The summed E-state index contributed by atoms with van der Waals surface area (Å²) in [5.74, 6) is 0.302. The zero-order valence-electron chi connectivity index (χ0n) is 20.0. The lowest BCUT2D eigenvalue weighted by Crippen LogP contribution is -2.44. The van der Waals surface area contributed by atoms with Gasteiger partial charge in [-0.1, -0.05) is 30.8 Å². The van der Waals surface area contributed by atoms with Crippen LogP contribution in [0.5, 0.6) is 0 Å². The number of aromatic nitrogens is 4. The van der Waals surface area contributed by atoms with Crippen molar-refractivity contribution in [1.82, 2.24) is 25.1 Å². The number of hydrogen-bond donors (Lipinski definition) is 2. The minimum atomic E-state index is -0.0877. The molecule has 2 N–H and O–H groups in total. The van der Waals surface area contributed by atoms with Gasteiger partial charge in [0.25, 0.3) is 0 Å². The summed E-state index contributed by atoms with van der Waals surface area (Å²) < 4.78 is 0. The van der Waals surface area contributed by atoms with Crippen LogP contribution in [0.15, 0.2) is 61.3 Å². The average molecular weight is 479 g/mol. The Morgan fingerprint density at radius 3 is 2.81 bits per heavy atom. The van der Waals surface area contributed by atoms with Crippen LogP contribution in [0.25, 0.3) is 27.1 Å². The number of piperazine rings is 1. The number of rotatable bonds is 7. The highest BCUT2D eigenvalue weighted by molar-refractivity contribution is 5.96. The Balaban J connectivity index is 1.51. The van der Waals surface area contributed by atoms with Crippen molar-refractivity contribution in [1.29, 1.82) is 0 Å². The number of fused-ring (bicyclic) bond motifs is 1. The van der Waals surface area contributed by atoms with Crippen LogP contribution < -0.4 is 10.2 Å². The molecule has 1 aliphatic rings. The van der Waals surface area contributed by atoms with Crippen molar-refractivity contribution in [2.75, 3.05) is 43.4 Å². The van der Waals surface area contributed by atoms with Gasteiger partial charge in [-0.15, -0.1) is 0 Å². The molecule has 0 spiro atoms. The Labute approximate surface area is 209 Å². The third kappa shape index (κ3) is 4.80. The van der Waals surface area contributed by atoms with Gasteiger partial charge in [-0.3, -0.25) is 9.89 Å². The molecule has 0 saturated carbocycles. The summed E-state index contributed by atoms with van der Waals surface area (Å²) in [5, 5.41) is 11.1. The van der Waals surface area contributed by atoms with Gasteiger partial charge in [0.2, 0.25) is 5.95 Å². The first-order valence-electron chi connectivity index (χ1n) is 11.7. The minimum absolute atomic E-state index is 0.0877. The number of benzene rings is 2. The van der Waals surface area contributed by atoms with Crippen LogP contribution in [0.1, 0.15) is 5.56 Å². The second-order valence-corrected chi connectivity index (χ2v) is 8.80. The Morgan fingerprint density at radius 1 is 1.19 bits per heavy atom. The van der Waals surface area contributed by atoms with Gasteiger partial charge in [-0.05, 0) is 36.9 Å². The van der Waals surface area contributed by atoms with Gasteiger partial charge in [0.05, 0.1) is 23.8 Å². The van der Waals surface area contributed by atoms with Crippen molar-refractivity contribution in [3.8, 4) is 11.3 Å². The summed E-state index contributed by atoms with van der Waals surface area (Å²) in [6, 6.07) is 13.5. The van der Waals surface area contributed by atoms with E-state index in [0.717, 1.165) is 43.1 Å². The molecular weight excluding hydrogens is 452 g/mol. The summed E-state index contributed by atoms with van der Waals surface area (Å²) in [5.41, 5.74) is 4.99. The third-order valence-electron chi connectivity index (χ3n) is 6.32. The topological polar surface area (TPSA) is 94.4 Å². The molecule has 0 atom stereocenters. The van der Waals surface area contributed by atoms with E-state index in [9.17, 15) is 4.79 Å². The standard InChI is InChI=1S/C27H26N8O/c1-4-21(36)14-18-8-9-24(28-2)22(15-18)25-23-17-29-33-26(23)32-27(31-25)30-19-6-5-7-20(16-19)35-12-10-34(3)11-13-35/h4-9,15-17H,1,10-14H2,3H3,(H2,29,30,31,32,33). The van der Waals surface area contributed by atoms with E-state index < -0.39 is 0 Å². The smallest absolute Gasteiger partial charge is 0.229 e. The van der Waals surface area contributed by atoms with E-state index in [4.69, 9.17) is 11.6 Å². The first-order valence-corrected chi connectivity index (χ1v) is 11.7. The van der Waals surface area contributed by atoms with E-state index in [2.05, 4.69) is 60.9 Å². The highest BCUT2D eigenvalue weighted by Gasteiger charge is 2.17. The molecule has 1 saturated heterocycles. The van der Waals surface area contributed by atoms with Crippen molar-refractivity contribution in [2.24, 2.45) is 0 Å². The molecule has 5 rings (SSSR count). The quantitative estimate of drug-likeness (QED) is 0.301. The van der Waals surface area contributed by atoms with Crippen molar-refractivity contribution >= 4 is 39.8 Å². The lowest BCUT2D eigenvalue weighted by atomic mass is 10.0. The van der Waals surface area contributed by atoms with Crippen molar-refractivity contribution in [3.63, 3.8) is 0 Å². The van der Waals surface area contributed by atoms with Crippen molar-refractivity contribution in [2.45, 2.75) is 6.42 Å². The first-order chi connectivity index (χ1) is 17.5. The number of carbonyl (C=O) groups is 1. The predicted octanol–water partition coefficient (Wildman–Crippen LogP) is 4.36. The summed E-state index contributed by atoms with van der Waals surface area (Å²) in [6.07, 6.45) is 3.16. The highest BCUT2D eigenvalue weighted by atomic mass is 16.1. The predicted molar refractivity (Wildman–Crippen MR) is 142 cm³/mol. The van der Waals surface area contributed by atoms with Crippen LogP contribution in [0, 0.1) is 6.57 Å². The summed E-state index contributed by atoms with van der Waals surface area (Å²) in [4.78, 5) is 29.7. The molecule has 2 aromatic heterocycles. The molecule has 0 amide bonds. The normalized spacial score (nSPS) is 13.9. The van der Waals surface area contributed by atoms with Crippen LogP contribution in [-0.4, -0.2) is 64.1 Å². The van der Waals surface area contributed by atoms with E-state index >= 15 is 0 Å². The van der Waals surface area contributed by atoms with Gasteiger partial charge in [-0.25, -0.2) is 9.83 Å². The van der Waals surface area contributed by atoms with E-state index in [0.29, 0.717) is 33.9 Å². The van der Waals surface area contributed by atoms with Crippen molar-refractivity contribution < 1.29 is 4.79 Å². The summed E-state index contributed by atoms with van der Waals surface area (Å²) in [7, 11) is 2.14. The maximum Gasteiger partial charge on any atom is 0.229 e. The molecule has 36 heavy (non-hydrogen) atoms. The Hall–Kier alpha value is -4.55. The fraction of sp³-hybridized carbons (Fsp3) is 0.222. The van der Waals surface area contributed by atoms with Gasteiger partial charge in [0.15, 0.2) is 17.1 Å². The number of H-pyrrole nitrogens is 1. The van der Waals surface area contributed by atoms with Crippen molar-refractivity contribution in [3.05, 3.63) is 78.3 Å². The number of ketones is 1. The number of nitrogens with one attached hydrogen (secondary N) is 2. The molecule has 0 aliphatic carbocycles. The van der Waals surface area contributed by atoms with E-state index in [-0.39, 0.29) is 12.2 Å². The van der Waals surface area contributed by atoms with Crippen LogP contribution in [0.3, 0.4) is 0 Å². The van der Waals surface area contributed by atoms with Gasteiger partial charge in [0.1, 0.15) is 0 Å². The molecule has 1 fully saturated rings. The molecule has 9 heteroatoms. The number of carbonyl (C=O) groups excluding carboxylic acids is 1. The lowest BCUT2D eigenvalue weighted by molar-refractivity contribution is -0.114. The van der Waals surface area contributed by atoms with Crippen LogP contribution in [0.4, 0.5) is 23.0 Å². The molecule has 3 heterocycles. The molecule has 1 aliphatic heterocycles. The molecule has 9 nitrogen and oxygen atoms in total. The second-order valence-electron chi connectivity index (χ2n) is 8.80. The molecule has 0 radical (unpaired) electrons.